The maximum absolute atomic E-state index is 13.0. The Kier molecular flexibility index (Phi) is 5.47. The van der Waals surface area contributed by atoms with Crippen LogP contribution in [-0.4, -0.2) is 59.0 Å². The predicted molar refractivity (Wildman–Crippen MR) is 115 cm³/mol. The molecule has 1 fully saturated rings. The molecule has 3 heterocycles. The Bertz CT molecular complexity index is 1160. The summed E-state index contributed by atoms with van der Waals surface area (Å²) in [5, 5.41) is 15.1. The number of fused-ring (bicyclic) bond motifs is 1. The van der Waals surface area contributed by atoms with Crippen molar-refractivity contribution < 1.29 is 14.1 Å². The van der Waals surface area contributed by atoms with Gasteiger partial charge in [0, 0.05) is 36.7 Å². The van der Waals surface area contributed by atoms with Crippen molar-refractivity contribution in [3.05, 3.63) is 72.1 Å². The zero-order valence-electron chi connectivity index (χ0n) is 17.0. The van der Waals surface area contributed by atoms with E-state index in [4.69, 9.17) is 9.26 Å². The Morgan fingerprint density at radius 2 is 1.97 bits per heavy atom. The van der Waals surface area contributed by atoms with E-state index >= 15 is 0 Å². The number of aromatic nitrogens is 3. The molecule has 1 aliphatic rings. The average Bonchev–Trinajstić information content (AvgIpc) is 3.49. The summed E-state index contributed by atoms with van der Waals surface area (Å²) in [6.07, 6.45) is 1.75. The monoisotopic (exact) mass is 417 g/mol. The summed E-state index contributed by atoms with van der Waals surface area (Å²) in [4.78, 5) is 15.3. The van der Waals surface area contributed by atoms with Crippen LogP contribution in [0.5, 0.6) is 0 Å². The van der Waals surface area contributed by atoms with Gasteiger partial charge in [-0.2, -0.15) is 5.10 Å². The van der Waals surface area contributed by atoms with Gasteiger partial charge in [0.05, 0.1) is 31.0 Å². The summed E-state index contributed by atoms with van der Waals surface area (Å²) in [5.74, 6) is 0.277. The molecule has 0 radical (unpaired) electrons. The van der Waals surface area contributed by atoms with E-state index in [-0.39, 0.29) is 17.6 Å². The second-order valence-corrected chi connectivity index (χ2v) is 7.60. The van der Waals surface area contributed by atoms with Crippen molar-refractivity contribution in [1.82, 2.24) is 25.6 Å². The van der Waals surface area contributed by atoms with Gasteiger partial charge in [-0.05, 0) is 23.8 Å². The van der Waals surface area contributed by atoms with Gasteiger partial charge in [0.2, 0.25) is 0 Å². The smallest absolute Gasteiger partial charge is 0.274 e. The van der Waals surface area contributed by atoms with E-state index in [2.05, 4.69) is 25.6 Å². The minimum atomic E-state index is -0.262. The van der Waals surface area contributed by atoms with Crippen LogP contribution in [0.3, 0.4) is 0 Å². The number of aromatic amines is 1. The third-order valence-electron chi connectivity index (χ3n) is 5.52. The van der Waals surface area contributed by atoms with Crippen molar-refractivity contribution in [3.8, 4) is 11.3 Å². The van der Waals surface area contributed by atoms with E-state index in [1.54, 1.807) is 12.3 Å². The molecule has 4 aromatic rings. The van der Waals surface area contributed by atoms with Gasteiger partial charge in [-0.3, -0.25) is 14.8 Å². The molecular weight excluding hydrogens is 394 g/mol. The number of carbonyl (C=O) groups is 1. The summed E-state index contributed by atoms with van der Waals surface area (Å²) in [5.41, 5.74) is 3.09. The van der Waals surface area contributed by atoms with Crippen molar-refractivity contribution in [2.24, 2.45) is 0 Å². The van der Waals surface area contributed by atoms with Crippen LogP contribution in [0, 0.1) is 0 Å². The number of nitrogens with one attached hydrogen (secondary N) is 2. The van der Waals surface area contributed by atoms with Crippen LogP contribution >= 0.6 is 0 Å². The van der Waals surface area contributed by atoms with E-state index in [1.165, 1.54) is 0 Å². The number of H-pyrrole nitrogens is 1. The average molecular weight is 417 g/mol. The number of ether oxygens (including phenoxy) is 1. The van der Waals surface area contributed by atoms with Gasteiger partial charge >= 0.3 is 0 Å². The minimum Gasteiger partial charge on any atom is -0.379 e. The molecule has 1 amide bonds. The second-order valence-electron chi connectivity index (χ2n) is 7.60. The standard InChI is InChI=1S/C23H23N5O3/c29-23(20-13-22(31-27-20)17-6-7-19-18(12-17)14-24-26-19)25-21(16-4-2-1-3-5-16)15-28-8-10-30-11-9-28/h1-7,12-14,21H,8-11,15H2,(H,24,26)(H,25,29). The molecule has 2 aromatic carbocycles. The van der Waals surface area contributed by atoms with E-state index in [1.807, 2.05) is 48.5 Å². The Morgan fingerprint density at radius 1 is 1.13 bits per heavy atom. The molecule has 0 aliphatic carbocycles. The lowest BCUT2D eigenvalue weighted by atomic mass is 10.1. The first-order valence-electron chi connectivity index (χ1n) is 10.3. The highest BCUT2D eigenvalue weighted by Gasteiger charge is 2.22. The zero-order valence-corrected chi connectivity index (χ0v) is 17.0. The number of hydrogen-bond acceptors (Lipinski definition) is 6. The maximum Gasteiger partial charge on any atom is 0.274 e. The number of rotatable bonds is 6. The Balaban J connectivity index is 1.34. The predicted octanol–water partition coefficient (Wildman–Crippen LogP) is 3.02. The number of amides is 1. The van der Waals surface area contributed by atoms with Gasteiger partial charge in [-0.1, -0.05) is 35.5 Å². The molecule has 1 unspecified atom stereocenters. The highest BCUT2D eigenvalue weighted by molar-refractivity contribution is 5.93. The third-order valence-corrected chi connectivity index (χ3v) is 5.52. The van der Waals surface area contributed by atoms with Crippen LogP contribution in [0.2, 0.25) is 0 Å². The van der Waals surface area contributed by atoms with Crippen LogP contribution in [0.25, 0.3) is 22.2 Å². The lowest BCUT2D eigenvalue weighted by Crippen LogP contribution is -2.43. The third kappa shape index (κ3) is 4.35. The normalized spacial score (nSPS) is 15.7. The first-order chi connectivity index (χ1) is 15.3. The quantitative estimate of drug-likeness (QED) is 0.501. The van der Waals surface area contributed by atoms with Crippen LogP contribution < -0.4 is 5.32 Å². The molecule has 2 aromatic heterocycles. The Morgan fingerprint density at radius 3 is 2.81 bits per heavy atom. The highest BCUT2D eigenvalue weighted by Crippen LogP contribution is 2.24. The summed E-state index contributed by atoms with van der Waals surface area (Å²) in [6.45, 7) is 3.83. The van der Waals surface area contributed by atoms with Gasteiger partial charge in [0.25, 0.3) is 5.91 Å². The molecule has 2 N–H and O–H groups in total. The number of hydrogen-bond donors (Lipinski definition) is 2. The second kappa shape index (κ2) is 8.71. The lowest BCUT2D eigenvalue weighted by molar-refractivity contribution is 0.0332. The van der Waals surface area contributed by atoms with E-state index in [0.717, 1.165) is 35.1 Å². The fourth-order valence-electron chi connectivity index (χ4n) is 3.81. The summed E-state index contributed by atoms with van der Waals surface area (Å²) >= 11 is 0. The van der Waals surface area contributed by atoms with Crippen molar-refractivity contribution in [2.45, 2.75) is 6.04 Å². The summed E-state index contributed by atoms with van der Waals surface area (Å²) in [6, 6.07) is 17.3. The number of morpholine rings is 1. The fourth-order valence-corrected chi connectivity index (χ4v) is 3.81. The fraction of sp³-hybridized carbons (Fsp3) is 0.261. The number of benzene rings is 2. The minimum absolute atomic E-state index is 0.158. The van der Waals surface area contributed by atoms with Gasteiger partial charge in [-0.25, -0.2) is 0 Å². The molecule has 1 atom stereocenters. The van der Waals surface area contributed by atoms with Crippen LogP contribution in [0.4, 0.5) is 0 Å². The molecule has 0 spiro atoms. The van der Waals surface area contributed by atoms with E-state index in [0.29, 0.717) is 25.5 Å². The highest BCUT2D eigenvalue weighted by atomic mass is 16.5. The number of carbonyl (C=O) groups excluding carboxylic acids is 1. The zero-order chi connectivity index (χ0) is 21.0. The molecular formula is C23H23N5O3. The largest absolute Gasteiger partial charge is 0.379 e. The SMILES string of the molecule is O=C(NC(CN1CCOCC1)c1ccccc1)c1cc(-c2ccc3[nH]ncc3c2)on1. The van der Waals surface area contributed by atoms with Crippen molar-refractivity contribution >= 4 is 16.8 Å². The van der Waals surface area contributed by atoms with Crippen molar-refractivity contribution in [1.29, 1.82) is 0 Å². The van der Waals surface area contributed by atoms with Gasteiger partial charge in [0.15, 0.2) is 11.5 Å². The molecule has 1 saturated heterocycles. The van der Waals surface area contributed by atoms with Gasteiger partial charge in [-0.15, -0.1) is 0 Å². The molecule has 0 saturated carbocycles. The van der Waals surface area contributed by atoms with Gasteiger partial charge < -0.3 is 14.6 Å². The van der Waals surface area contributed by atoms with Crippen LogP contribution in [-0.2, 0) is 4.74 Å². The molecule has 0 bridgehead atoms. The maximum atomic E-state index is 13.0. The van der Waals surface area contributed by atoms with E-state index in [9.17, 15) is 4.79 Å². The van der Waals surface area contributed by atoms with Crippen molar-refractivity contribution in [2.75, 3.05) is 32.8 Å². The molecule has 158 valence electrons. The lowest BCUT2D eigenvalue weighted by Gasteiger charge is -2.31. The molecule has 1 aliphatic heterocycles. The van der Waals surface area contributed by atoms with Gasteiger partial charge in [0.1, 0.15) is 0 Å². The van der Waals surface area contributed by atoms with Crippen molar-refractivity contribution in [3.63, 3.8) is 0 Å². The Hall–Kier alpha value is -3.49. The first kappa shape index (κ1) is 19.5. The molecule has 8 nitrogen and oxygen atoms in total. The summed E-state index contributed by atoms with van der Waals surface area (Å²) < 4.78 is 10.9. The number of nitrogens with zero attached hydrogens (tertiary/aromatic N) is 3. The topological polar surface area (TPSA) is 96.3 Å². The van der Waals surface area contributed by atoms with E-state index < -0.39 is 0 Å². The molecule has 5 rings (SSSR count). The van der Waals surface area contributed by atoms with Crippen LogP contribution in [0.15, 0.2) is 65.3 Å². The summed E-state index contributed by atoms with van der Waals surface area (Å²) in [7, 11) is 0. The van der Waals surface area contributed by atoms with Crippen LogP contribution in [0.1, 0.15) is 22.1 Å². The first-order valence-corrected chi connectivity index (χ1v) is 10.3. The molecule has 31 heavy (non-hydrogen) atoms. The molecule has 8 heteroatoms. The Labute approximate surface area is 179 Å².